The fourth-order valence-corrected chi connectivity index (χ4v) is 6.69. The summed E-state index contributed by atoms with van der Waals surface area (Å²) in [4.78, 5) is 79.0. The molecule has 0 rings (SSSR count). The Hall–Kier alpha value is -2.91. The van der Waals surface area contributed by atoms with E-state index < -0.39 is 6.10 Å². The van der Waals surface area contributed by atoms with E-state index in [9.17, 15) is 33.9 Å². The smallest absolute Gasteiger partial charge is 0.228 e. The second-order valence-corrected chi connectivity index (χ2v) is 23.9. The first kappa shape index (κ1) is 77.3. The third-order valence-electron chi connectivity index (χ3n) is 10.2. The van der Waals surface area contributed by atoms with E-state index in [-0.39, 0.29) is 108 Å². The predicted molar refractivity (Wildman–Crippen MR) is 283 cm³/mol. The normalized spacial score (nSPS) is 13.5. The van der Waals surface area contributed by atoms with Crippen LogP contribution in [0.2, 0.25) is 0 Å². The van der Waals surface area contributed by atoms with Gasteiger partial charge in [-0.15, -0.1) is 0 Å². The lowest BCUT2D eigenvalue weighted by Gasteiger charge is -2.33. The molecule has 0 aliphatic heterocycles. The van der Waals surface area contributed by atoms with Crippen molar-refractivity contribution < 1.29 is 39.0 Å². The van der Waals surface area contributed by atoms with Crippen LogP contribution in [0.3, 0.4) is 0 Å². The number of thiol groups is 1. The molecule has 0 saturated heterocycles. The molecule has 0 bridgehead atoms. The molecule has 0 aliphatic rings. The molecule has 14 nitrogen and oxygen atoms in total. The zero-order valence-electron chi connectivity index (χ0n) is 46.4. The minimum absolute atomic E-state index is 0. The predicted octanol–water partition coefficient (Wildman–Crippen LogP) is 7.90. The van der Waals surface area contributed by atoms with Gasteiger partial charge in [-0.2, -0.15) is 12.6 Å². The molecule has 66 heavy (non-hydrogen) atoms. The molecule has 0 heterocycles. The summed E-state index contributed by atoms with van der Waals surface area (Å²) in [7, 11) is 21.0. The molecule has 0 saturated carbocycles. The maximum Gasteiger partial charge on any atom is 0.228 e. The summed E-state index contributed by atoms with van der Waals surface area (Å²) in [5.41, 5.74) is -0.371. The van der Waals surface area contributed by atoms with Gasteiger partial charge in [0.05, 0.1) is 30.5 Å². The van der Waals surface area contributed by atoms with E-state index in [1.807, 2.05) is 62.3 Å². The van der Waals surface area contributed by atoms with Gasteiger partial charge < -0.3 is 39.6 Å². The average Bonchev–Trinajstić information content (AvgIpc) is 3.06. The molecule has 0 fully saturated rings. The van der Waals surface area contributed by atoms with E-state index in [0.717, 1.165) is 0 Å². The van der Waals surface area contributed by atoms with Crippen molar-refractivity contribution in [3.05, 3.63) is 0 Å². The highest BCUT2D eigenvalue weighted by Crippen LogP contribution is 2.32. The molecule has 0 aromatic rings. The van der Waals surface area contributed by atoms with Crippen molar-refractivity contribution in [3.8, 4) is 0 Å². The lowest BCUT2D eigenvalue weighted by Crippen LogP contribution is -2.43. The maximum absolute atomic E-state index is 12.1. The van der Waals surface area contributed by atoms with Crippen molar-refractivity contribution >= 4 is 48.1 Å². The highest BCUT2D eigenvalue weighted by molar-refractivity contribution is 7.80. The zero-order chi connectivity index (χ0) is 52.9. The Morgan fingerprint density at radius 1 is 0.455 bits per heavy atom. The molecular weight excluding hydrogens is 857 g/mol. The summed E-state index contributed by atoms with van der Waals surface area (Å²) in [6.07, 6.45) is 1.06. The number of rotatable bonds is 11. The van der Waals surface area contributed by atoms with Gasteiger partial charge in [0.25, 0.3) is 0 Å². The van der Waals surface area contributed by atoms with Crippen LogP contribution in [0.15, 0.2) is 0 Å². The Balaban J connectivity index is -0.000000132. The number of carbonyl (C=O) groups is 6. The minimum Gasteiger partial charge on any atom is -0.396 e. The number of carbonyl (C=O) groups excluding carboxylic acids is 6. The third kappa shape index (κ3) is 35.3. The number of aliphatic hydroxyl groups is 2. The van der Waals surface area contributed by atoms with E-state index in [0.29, 0.717) is 25.0 Å². The Bertz CT molecular complexity index is 1340. The van der Waals surface area contributed by atoms with E-state index >= 15 is 0 Å². The molecule has 0 aliphatic carbocycles. The summed E-state index contributed by atoms with van der Waals surface area (Å²) in [6, 6.07) is 0. The van der Waals surface area contributed by atoms with Gasteiger partial charge >= 0.3 is 0 Å². The minimum atomic E-state index is -0.602. The van der Waals surface area contributed by atoms with Gasteiger partial charge in [-0.3, -0.25) is 28.8 Å². The van der Waals surface area contributed by atoms with E-state index in [1.54, 1.807) is 111 Å². The van der Waals surface area contributed by atoms with E-state index in [1.165, 1.54) is 9.80 Å². The lowest BCUT2D eigenvalue weighted by atomic mass is 9.77. The molecule has 0 aromatic carbocycles. The van der Waals surface area contributed by atoms with Gasteiger partial charge in [0.2, 0.25) is 35.4 Å². The zero-order valence-corrected chi connectivity index (χ0v) is 47.3. The number of hydrogen-bond donors (Lipinski definition) is 3. The highest BCUT2D eigenvalue weighted by atomic mass is 32.1. The van der Waals surface area contributed by atoms with E-state index in [4.69, 9.17) is 5.11 Å². The van der Waals surface area contributed by atoms with Crippen molar-refractivity contribution in [2.24, 2.45) is 50.7 Å². The first-order chi connectivity index (χ1) is 28.2. The summed E-state index contributed by atoms with van der Waals surface area (Å²) < 4.78 is 0. The van der Waals surface area contributed by atoms with Gasteiger partial charge in [0.15, 0.2) is 0 Å². The first-order valence-electron chi connectivity index (χ1n) is 22.3. The number of aliphatic hydroxyl groups excluding tert-OH is 2. The van der Waals surface area contributed by atoms with Crippen molar-refractivity contribution in [1.82, 2.24) is 29.4 Å². The van der Waals surface area contributed by atoms with Gasteiger partial charge in [0.1, 0.15) is 0 Å². The summed E-state index contributed by atoms with van der Waals surface area (Å²) in [6.45, 7) is 31.8. The van der Waals surface area contributed by atoms with Crippen LogP contribution < -0.4 is 0 Å². The highest BCUT2D eigenvalue weighted by Gasteiger charge is 2.36. The van der Waals surface area contributed by atoms with Gasteiger partial charge in [0, 0.05) is 109 Å². The van der Waals surface area contributed by atoms with Crippen molar-refractivity contribution in [2.45, 2.75) is 151 Å². The fraction of sp³-hybridized carbons (Fsp3) is 0.882. The van der Waals surface area contributed by atoms with Crippen LogP contribution in [-0.2, 0) is 28.8 Å². The average molecular weight is 968 g/mol. The number of nitrogens with zero attached hydrogens (tertiary/aromatic N) is 6. The van der Waals surface area contributed by atoms with Crippen molar-refractivity contribution in [1.29, 1.82) is 0 Å². The SMILES string of the molecule is C.C.CC(O)C(C(=O)N(C)C)C(C)(C)C.CN(C)C(=O)C(CO)C(C)(C)C.CN(C)C(=O)C(CS)C(C)(C)C.CN(C)C(=O)CC(C)(C)C.CN(C)C(=O)CCC(C(=O)N(C)C)C(C)(C)C. The summed E-state index contributed by atoms with van der Waals surface area (Å²) >= 11 is 4.20. The second-order valence-electron chi connectivity index (χ2n) is 23.5. The Morgan fingerprint density at radius 2 is 0.742 bits per heavy atom. The van der Waals surface area contributed by atoms with Crippen LogP contribution >= 0.6 is 12.6 Å². The topological polar surface area (TPSA) is 162 Å². The van der Waals surface area contributed by atoms with Gasteiger partial charge in [-0.1, -0.05) is 119 Å². The first-order valence-corrected chi connectivity index (χ1v) is 23.0. The fourth-order valence-electron chi connectivity index (χ4n) is 5.99. The Labute approximate surface area is 413 Å². The largest absolute Gasteiger partial charge is 0.396 e. The molecule has 5 atom stereocenters. The van der Waals surface area contributed by atoms with Gasteiger partial charge in [-0.25, -0.2) is 0 Å². The number of hydrogen-bond acceptors (Lipinski definition) is 9. The molecule has 0 aromatic heterocycles. The molecular formula is C51H110N6O8S. The summed E-state index contributed by atoms with van der Waals surface area (Å²) in [5.74, 6) is 0.403. The molecule has 398 valence electrons. The molecule has 2 N–H and O–H groups in total. The number of amides is 6. The van der Waals surface area contributed by atoms with Crippen LogP contribution in [0, 0.1) is 50.7 Å². The van der Waals surface area contributed by atoms with Crippen LogP contribution in [-0.4, -0.2) is 178 Å². The molecule has 15 heteroatoms. The van der Waals surface area contributed by atoms with Crippen LogP contribution in [0.4, 0.5) is 0 Å². The second kappa shape index (κ2) is 33.6. The Kier molecular flexibility index (Phi) is 39.3. The Morgan fingerprint density at radius 3 is 0.879 bits per heavy atom. The molecule has 5 unspecified atom stereocenters. The summed E-state index contributed by atoms with van der Waals surface area (Å²) in [5, 5.41) is 18.6. The molecule has 0 radical (unpaired) electrons. The van der Waals surface area contributed by atoms with Crippen molar-refractivity contribution in [2.75, 3.05) is 96.9 Å². The van der Waals surface area contributed by atoms with E-state index in [2.05, 4.69) is 54.2 Å². The monoisotopic (exact) mass is 967 g/mol. The molecule has 6 amide bonds. The maximum atomic E-state index is 12.1. The standard InChI is InChI=1S/C13H26N2O2.C10H21NO2.C9H19NO2.C9H19NOS.C8H17NO.2CH4/c1-13(2,3)10(12(17)15(6)7)8-9-11(16)14(4)5;1-7(12)8(10(2,3)4)9(13)11(5)6;1-9(2,3)7(6-11)8(12)10(4)5;1-9(2,3)7(6-12)8(11)10(4)5;1-8(2,3)6-7(10)9(4)5;;/h10H,8-9H2,1-7H3;7-8,12H,1-6H3;7,11H,6H2,1-5H3;7,12H,6H2,1-5H3;6H2,1-5H3;2*1H4. The van der Waals surface area contributed by atoms with Crippen LogP contribution in [0.5, 0.6) is 0 Å². The van der Waals surface area contributed by atoms with Crippen LogP contribution in [0.25, 0.3) is 0 Å². The van der Waals surface area contributed by atoms with Crippen LogP contribution in [0.1, 0.15) is 145 Å². The third-order valence-corrected chi connectivity index (χ3v) is 10.5. The van der Waals surface area contributed by atoms with Gasteiger partial charge in [-0.05, 0) is 40.4 Å². The molecule has 0 spiro atoms. The lowest BCUT2D eigenvalue weighted by molar-refractivity contribution is -0.141. The van der Waals surface area contributed by atoms with Crippen molar-refractivity contribution in [3.63, 3.8) is 0 Å². The quantitative estimate of drug-likeness (QED) is 0.176.